The van der Waals surface area contributed by atoms with E-state index in [0.717, 1.165) is 19.4 Å². The van der Waals surface area contributed by atoms with Crippen LogP contribution in [0, 0.1) is 0 Å². The van der Waals surface area contributed by atoms with Gasteiger partial charge in [0, 0.05) is 36.6 Å². The van der Waals surface area contributed by atoms with Crippen LogP contribution in [0.3, 0.4) is 0 Å². The van der Waals surface area contributed by atoms with Crippen LogP contribution < -0.4 is 4.72 Å². The van der Waals surface area contributed by atoms with Gasteiger partial charge in [0.2, 0.25) is 10.0 Å². The number of esters is 1. The molecule has 2 atom stereocenters. The Morgan fingerprint density at radius 1 is 1.19 bits per heavy atom. The number of nitrogens with one attached hydrogen (secondary N) is 1. The minimum absolute atomic E-state index is 0.103. The summed E-state index contributed by atoms with van der Waals surface area (Å²) < 4.78 is 33.2. The van der Waals surface area contributed by atoms with Crippen LogP contribution >= 0.6 is 11.6 Å². The number of halogens is 1. The number of nitrogens with zero attached hydrogens (tertiary/aromatic N) is 1. The maximum absolute atomic E-state index is 12.8. The summed E-state index contributed by atoms with van der Waals surface area (Å²) in [4.78, 5) is 13.8. The molecule has 0 amide bonds. The molecule has 1 heterocycles. The summed E-state index contributed by atoms with van der Waals surface area (Å²) in [6.07, 6.45) is 6.75. The van der Waals surface area contributed by atoms with Crippen molar-refractivity contribution in [1.29, 1.82) is 0 Å². The van der Waals surface area contributed by atoms with Crippen molar-refractivity contribution < 1.29 is 17.9 Å². The van der Waals surface area contributed by atoms with E-state index in [1.807, 2.05) is 18.2 Å². The lowest BCUT2D eigenvalue weighted by Crippen LogP contribution is -2.37. The smallest absolute Gasteiger partial charge is 0.305 e. The number of benzene rings is 2. The zero-order valence-corrected chi connectivity index (χ0v) is 19.7. The van der Waals surface area contributed by atoms with Crippen LogP contribution in [0.5, 0.6) is 0 Å². The average Bonchev–Trinajstić information content (AvgIpc) is 3.14. The van der Waals surface area contributed by atoms with Crippen LogP contribution in [0.25, 0.3) is 0 Å². The number of sulfonamides is 1. The summed E-state index contributed by atoms with van der Waals surface area (Å²) in [5.41, 5.74) is 1.18. The Morgan fingerprint density at radius 3 is 2.59 bits per heavy atom. The minimum Gasteiger partial charge on any atom is -0.469 e. The molecule has 1 N–H and O–H groups in total. The van der Waals surface area contributed by atoms with Gasteiger partial charge in [-0.25, -0.2) is 13.1 Å². The van der Waals surface area contributed by atoms with E-state index in [9.17, 15) is 13.2 Å². The van der Waals surface area contributed by atoms with Gasteiger partial charge in [-0.05, 0) is 49.1 Å². The molecule has 1 aliphatic rings. The second-order valence-electron chi connectivity index (χ2n) is 7.89. The number of methoxy groups -OCH3 is 1. The molecule has 0 radical (unpaired) electrons. The lowest BCUT2D eigenvalue weighted by molar-refractivity contribution is -0.140. The molecule has 1 saturated heterocycles. The fourth-order valence-electron chi connectivity index (χ4n) is 3.84. The van der Waals surface area contributed by atoms with Crippen molar-refractivity contribution in [2.45, 2.75) is 49.2 Å². The van der Waals surface area contributed by atoms with Gasteiger partial charge in [0.15, 0.2) is 0 Å². The average molecular weight is 477 g/mol. The Bertz CT molecular complexity index is 1010. The second-order valence-corrected chi connectivity index (χ2v) is 10.0. The molecule has 0 aromatic heterocycles. The monoisotopic (exact) mass is 476 g/mol. The highest BCUT2D eigenvalue weighted by molar-refractivity contribution is 7.89. The molecule has 32 heavy (non-hydrogen) atoms. The maximum atomic E-state index is 12.8. The van der Waals surface area contributed by atoms with E-state index in [1.54, 1.807) is 12.1 Å². The van der Waals surface area contributed by atoms with Gasteiger partial charge >= 0.3 is 5.97 Å². The topological polar surface area (TPSA) is 75.7 Å². The van der Waals surface area contributed by atoms with E-state index < -0.39 is 10.0 Å². The fraction of sp³-hybridized carbons (Fsp3) is 0.375. The third-order valence-electron chi connectivity index (χ3n) is 5.46. The lowest BCUT2D eigenvalue weighted by Gasteiger charge is -2.22. The second kappa shape index (κ2) is 11.6. The van der Waals surface area contributed by atoms with Gasteiger partial charge in [-0.3, -0.25) is 9.69 Å². The van der Waals surface area contributed by atoms with E-state index in [4.69, 9.17) is 11.6 Å². The van der Waals surface area contributed by atoms with Crippen LogP contribution in [-0.2, 0) is 26.1 Å². The highest BCUT2D eigenvalue weighted by atomic mass is 35.5. The third-order valence-corrected chi connectivity index (χ3v) is 7.25. The molecular formula is C24H29ClN2O4S. The van der Waals surface area contributed by atoms with Crippen molar-refractivity contribution in [3.05, 3.63) is 77.3 Å². The highest BCUT2D eigenvalue weighted by Crippen LogP contribution is 2.24. The quantitative estimate of drug-likeness (QED) is 0.316. The predicted molar refractivity (Wildman–Crippen MR) is 126 cm³/mol. The molecule has 0 spiro atoms. The molecule has 3 rings (SSSR count). The number of hydrogen-bond acceptors (Lipinski definition) is 5. The SMILES string of the molecule is COC(=O)CCC/C=C\[C@@H]1C[C@@H](NS(=O)(=O)c2ccc(Cl)cc2)CN1Cc1ccccc1. The predicted octanol–water partition coefficient (Wildman–Crippen LogP) is 4.16. The van der Waals surface area contributed by atoms with Crippen molar-refractivity contribution in [3.8, 4) is 0 Å². The molecule has 2 aromatic carbocycles. The molecule has 6 nitrogen and oxygen atoms in total. The van der Waals surface area contributed by atoms with Gasteiger partial charge in [0.25, 0.3) is 0 Å². The van der Waals surface area contributed by atoms with E-state index in [-0.39, 0.29) is 22.9 Å². The normalized spacial score (nSPS) is 19.4. The fourth-order valence-corrected chi connectivity index (χ4v) is 5.21. The molecule has 8 heteroatoms. The number of unbranched alkanes of at least 4 members (excludes halogenated alkanes) is 1. The first-order chi connectivity index (χ1) is 15.4. The van der Waals surface area contributed by atoms with Crippen molar-refractivity contribution in [2.75, 3.05) is 13.7 Å². The van der Waals surface area contributed by atoms with Crippen LogP contribution in [0.4, 0.5) is 0 Å². The molecule has 2 aromatic rings. The van der Waals surface area contributed by atoms with Crippen LogP contribution in [0.2, 0.25) is 5.02 Å². The molecule has 1 aliphatic heterocycles. The summed E-state index contributed by atoms with van der Waals surface area (Å²) in [5.74, 6) is -0.207. The first-order valence-electron chi connectivity index (χ1n) is 10.7. The minimum atomic E-state index is -3.63. The zero-order chi connectivity index (χ0) is 23.0. The van der Waals surface area contributed by atoms with Gasteiger partial charge in [-0.15, -0.1) is 0 Å². The number of carbonyl (C=O) groups excluding carboxylic acids is 1. The summed E-state index contributed by atoms with van der Waals surface area (Å²) in [6.45, 7) is 1.34. The molecule has 0 aliphatic carbocycles. The Hall–Kier alpha value is -2.19. The van der Waals surface area contributed by atoms with E-state index in [0.29, 0.717) is 24.4 Å². The number of rotatable bonds is 10. The number of ether oxygens (including phenoxy) is 1. The Labute approximate surface area is 195 Å². The lowest BCUT2D eigenvalue weighted by atomic mass is 10.1. The molecule has 0 bridgehead atoms. The number of hydrogen-bond donors (Lipinski definition) is 1. The van der Waals surface area contributed by atoms with E-state index >= 15 is 0 Å². The standard InChI is InChI=1S/C24H29ClN2O4S/c1-31-24(28)11-7-3-6-10-22-16-21(18-27(22)17-19-8-4-2-5-9-19)26-32(29,30)23-14-12-20(25)13-15-23/h2,4-6,8-10,12-15,21-22,26H,3,7,11,16-18H2,1H3/b10-6-/t21-,22-/m1/s1. The van der Waals surface area contributed by atoms with E-state index in [2.05, 4.69) is 38.6 Å². The molecule has 1 fully saturated rings. The zero-order valence-electron chi connectivity index (χ0n) is 18.1. The molecular weight excluding hydrogens is 448 g/mol. The summed E-state index contributed by atoms with van der Waals surface area (Å²) in [6, 6.07) is 16.2. The van der Waals surface area contributed by atoms with Crippen LogP contribution in [0.15, 0.2) is 71.6 Å². The molecule has 0 unspecified atom stereocenters. The first kappa shape index (κ1) is 24.5. The number of carbonyl (C=O) groups is 1. The van der Waals surface area contributed by atoms with E-state index in [1.165, 1.54) is 24.8 Å². The van der Waals surface area contributed by atoms with Crippen molar-refractivity contribution >= 4 is 27.6 Å². The highest BCUT2D eigenvalue weighted by Gasteiger charge is 2.33. The van der Waals surface area contributed by atoms with Gasteiger partial charge in [0.05, 0.1) is 12.0 Å². The Balaban J connectivity index is 1.66. The molecule has 0 saturated carbocycles. The van der Waals surface area contributed by atoms with Crippen LogP contribution in [0.1, 0.15) is 31.2 Å². The maximum Gasteiger partial charge on any atom is 0.305 e. The van der Waals surface area contributed by atoms with Gasteiger partial charge < -0.3 is 4.74 Å². The van der Waals surface area contributed by atoms with Gasteiger partial charge in [-0.2, -0.15) is 0 Å². The summed E-state index contributed by atoms with van der Waals surface area (Å²) in [5, 5.41) is 0.497. The van der Waals surface area contributed by atoms with Crippen LogP contribution in [-0.4, -0.2) is 45.0 Å². The van der Waals surface area contributed by atoms with Crippen molar-refractivity contribution in [2.24, 2.45) is 0 Å². The largest absolute Gasteiger partial charge is 0.469 e. The molecule has 172 valence electrons. The third kappa shape index (κ3) is 7.17. The van der Waals surface area contributed by atoms with Gasteiger partial charge in [-0.1, -0.05) is 54.1 Å². The Kier molecular flexibility index (Phi) is 8.87. The summed E-state index contributed by atoms with van der Waals surface area (Å²) >= 11 is 5.89. The van der Waals surface area contributed by atoms with Crippen molar-refractivity contribution in [1.82, 2.24) is 9.62 Å². The first-order valence-corrected chi connectivity index (χ1v) is 12.5. The summed E-state index contributed by atoms with van der Waals surface area (Å²) in [7, 11) is -2.24. The Morgan fingerprint density at radius 2 is 1.91 bits per heavy atom. The van der Waals surface area contributed by atoms with Gasteiger partial charge in [0.1, 0.15) is 0 Å². The number of allylic oxidation sites excluding steroid dienone is 1. The number of likely N-dealkylation sites (tertiary alicyclic amines) is 1. The van der Waals surface area contributed by atoms with Crippen molar-refractivity contribution in [3.63, 3.8) is 0 Å².